The molecule has 0 bridgehead atoms. The molecule has 2 aromatic heterocycles. The first-order valence-electron chi connectivity index (χ1n) is 6.54. The molecule has 3 aromatic rings. The van der Waals surface area contributed by atoms with Crippen LogP contribution in [0.5, 0.6) is 0 Å². The third-order valence-electron chi connectivity index (χ3n) is 3.32. The second kappa shape index (κ2) is 5.02. The quantitative estimate of drug-likeness (QED) is 0.796. The van der Waals surface area contributed by atoms with Crippen molar-refractivity contribution in [2.24, 2.45) is 5.73 Å². The number of rotatable bonds is 3. The van der Waals surface area contributed by atoms with E-state index in [0.29, 0.717) is 5.52 Å². The number of nitrogens with two attached hydrogens (primary N) is 1. The average Bonchev–Trinajstić information content (AvgIpc) is 2.85. The van der Waals surface area contributed by atoms with Crippen molar-refractivity contribution in [1.29, 1.82) is 0 Å². The van der Waals surface area contributed by atoms with Crippen LogP contribution < -0.4 is 5.73 Å². The van der Waals surface area contributed by atoms with Gasteiger partial charge in [0.25, 0.3) is 0 Å². The molecular formula is C15H15FN4. The second-order valence-electron chi connectivity index (χ2n) is 4.66. The highest BCUT2D eigenvalue weighted by molar-refractivity contribution is 5.78. The van der Waals surface area contributed by atoms with Gasteiger partial charge >= 0.3 is 0 Å². The Kier molecular flexibility index (Phi) is 3.20. The van der Waals surface area contributed by atoms with Gasteiger partial charge in [-0.2, -0.15) is 0 Å². The highest BCUT2D eigenvalue weighted by Gasteiger charge is 2.17. The molecule has 2 N–H and O–H groups in total. The molecule has 1 atom stereocenters. The van der Waals surface area contributed by atoms with Crippen LogP contribution in [-0.2, 0) is 0 Å². The van der Waals surface area contributed by atoms with Crippen LogP contribution in [0.15, 0.2) is 42.7 Å². The number of fused-ring (bicyclic) bond motifs is 1. The van der Waals surface area contributed by atoms with E-state index in [1.807, 2.05) is 23.6 Å². The monoisotopic (exact) mass is 270 g/mol. The van der Waals surface area contributed by atoms with E-state index in [2.05, 4.69) is 9.97 Å². The molecule has 0 fully saturated rings. The number of aromatic nitrogens is 3. The zero-order chi connectivity index (χ0) is 14.1. The third kappa shape index (κ3) is 2.06. The summed E-state index contributed by atoms with van der Waals surface area (Å²) < 4.78 is 15.4. The van der Waals surface area contributed by atoms with Gasteiger partial charge in [-0.1, -0.05) is 6.92 Å². The van der Waals surface area contributed by atoms with E-state index in [1.165, 1.54) is 12.1 Å². The van der Waals surface area contributed by atoms with Crippen LogP contribution in [0.25, 0.3) is 16.7 Å². The Bertz CT molecular complexity index is 736. The molecule has 102 valence electrons. The van der Waals surface area contributed by atoms with Crippen LogP contribution in [-0.4, -0.2) is 14.5 Å². The number of benzene rings is 1. The summed E-state index contributed by atoms with van der Waals surface area (Å²) in [5, 5.41) is 0. The molecule has 0 aliphatic carbocycles. The molecule has 0 saturated carbocycles. The standard InChI is InChI=1S/C15H15FN4/c1-2-12(17)15-19-13-6-5-10(16)8-14(13)20(15)11-4-3-7-18-9-11/h3-9,12H,2,17H2,1H3/t12-/m0/s1. The zero-order valence-electron chi connectivity index (χ0n) is 11.1. The van der Waals surface area contributed by atoms with E-state index in [0.717, 1.165) is 23.4 Å². The van der Waals surface area contributed by atoms with Gasteiger partial charge in [0.1, 0.15) is 11.6 Å². The van der Waals surface area contributed by atoms with Crippen molar-refractivity contribution < 1.29 is 4.39 Å². The van der Waals surface area contributed by atoms with Gasteiger partial charge < -0.3 is 5.73 Å². The Labute approximate surface area is 116 Å². The molecule has 0 spiro atoms. The number of hydrogen-bond acceptors (Lipinski definition) is 3. The number of nitrogens with zero attached hydrogens (tertiary/aromatic N) is 3. The van der Waals surface area contributed by atoms with Crippen LogP contribution in [0.3, 0.4) is 0 Å². The van der Waals surface area contributed by atoms with Crippen LogP contribution in [0, 0.1) is 5.82 Å². The number of imidazole rings is 1. The highest BCUT2D eigenvalue weighted by atomic mass is 19.1. The Balaban J connectivity index is 2.33. The molecule has 1 aromatic carbocycles. The summed E-state index contributed by atoms with van der Waals surface area (Å²) in [5.41, 5.74) is 8.41. The minimum absolute atomic E-state index is 0.203. The average molecular weight is 270 g/mol. The first-order chi connectivity index (χ1) is 9.70. The Morgan fingerprint density at radius 3 is 2.90 bits per heavy atom. The minimum atomic E-state index is -0.292. The zero-order valence-corrected chi connectivity index (χ0v) is 11.1. The molecule has 0 amide bonds. The molecular weight excluding hydrogens is 255 g/mol. The number of halogens is 1. The third-order valence-corrected chi connectivity index (χ3v) is 3.32. The van der Waals surface area contributed by atoms with Gasteiger partial charge in [-0.25, -0.2) is 9.37 Å². The summed E-state index contributed by atoms with van der Waals surface area (Å²) in [6.45, 7) is 2.00. The van der Waals surface area contributed by atoms with E-state index >= 15 is 0 Å². The van der Waals surface area contributed by atoms with Gasteiger partial charge in [0.2, 0.25) is 0 Å². The maximum Gasteiger partial charge on any atom is 0.131 e. The highest BCUT2D eigenvalue weighted by Crippen LogP contribution is 2.25. The van der Waals surface area contributed by atoms with Crippen LogP contribution in [0.4, 0.5) is 4.39 Å². The molecule has 20 heavy (non-hydrogen) atoms. The molecule has 5 heteroatoms. The lowest BCUT2D eigenvalue weighted by molar-refractivity contribution is 0.627. The predicted octanol–water partition coefficient (Wildman–Crippen LogP) is 2.97. The topological polar surface area (TPSA) is 56.7 Å². The molecule has 3 rings (SSSR count). The Morgan fingerprint density at radius 2 is 2.20 bits per heavy atom. The van der Waals surface area contributed by atoms with Gasteiger partial charge in [-0.15, -0.1) is 0 Å². The van der Waals surface area contributed by atoms with Gasteiger partial charge in [-0.3, -0.25) is 9.55 Å². The van der Waals surface area contributed by atoms with Crippen molar-refractivity contribution in [1.82, 2.24) is 14.5 Å². The van der Waals surface area contributed by atoms with E-state index in [4.69, 9.17) is 5.73 Å². The molecule has 0 aliphatic rings. The molecule has 2 heterocycles. The lowest BCUT2D eigenvalue weighted by Gasteiger charge is -2.12. The second-order valence-corrected chi connectivity index (χ2v) is 4.66. The largest absolute Gasteiger partial charge is 0.321 e. The summed E-state index contributed by atoms with van der Waals surface area (Å²) in [6.07, 6.45) is 4.17. The lowest BCUT2D eigenvalue weighted by Crippen LogP contribution is -2.15. The van der Waals surface area contributed by atoms with E-state index in [1.54, 1.807) is 18.5 Å². The van der Waals surface area contributed by atoms with Crippen molar-refractivity contribution in [3.05, 3.63) is 54.4 Å². The SMILES string of the molecule is CC[C@H](N)c1nc2ccc(F)cc2n1-c1cccnc1. The van der Waals surface area contributed by atoms with Crippen LogP contribution in [0.1, 0.15) is 25.2 Å². The fourth-order valence-electron chi connectivity index (χ4n) is 2.26. The number of pyridine rings is 1. The summed E-state index contributed by atoms with van der Waals surface area (Å²) in [5.74, 6) is 0.431. The van der Waals surface area contributed by atoms with Crippen LogP contribution >= 0.6 is 0 Å². The fourth-order valence-corrected chi connectivity index (χ4v) is 2.26. The fraction of sp³-hybridized carbons (Fsp3) is 0.200. The smallest absolute Gasteiger partial charge is 0.131 e. The van der Waals surface area contributed by atoms with Crippen molar-refractivity contribution in [3.8, 4) is 5.69 Å². The van der Waals surface area contributed by atoms with Crippen LogP contribution in [0.2, 0.25) is 0 Å². The van der Waals surface area contributed by atoms with E-state index in [9.17, 15) is 4.39 Å². The molecule has 0 saturated heterocycles. The molecule has 0 unspecified atom stereocenters. The van der Waals surface area contributed by atoms with E-state index in [-0.39, 0.29) is 11.9 Å². The van der Waals surface area contributed by atoms with Crippen molar-refractivity contribution in [2.75, 3.05) is 0 Å². The summed E-state index contributed by atoms with van der Waals surface area (Å²) in [7, 11) is 0. The first kappa shape index (κ1) is 12.7. The summed E-state index contributed by atoms with van der Waals surface area (Å²) >= 11 is 0. The lowest BCUT2D eigenvalue weighted by atomic mass is 10.2. The summed E-state index contributed by atoms with van der Waals surface area (Å²) in [4.78, 5) is 8.66. The molecule has 0 aliphatic heterocycles. The van der Waals surface area contributed by atoms with Crippen molar-refractivity contribution in [2.45, 2.75) is 19.4 Å². The van der Waals surface area contributed by atoms with E-state index < -0.39 is 0 Å². The maximum atomic E-state index is 13.5. The first-order valence-corrected chi connectivity index (χ1v) is 6.54. The van der Waals surface area contributed by atoms with Crippen molar-refractivity contribution in [3.63, 3.8) is 0 Å². The normalized spacial score (nSPS) is 12.8. The summed E-state index contributed by atoms with van der Waals surface area (Å²) in [6, 6.07) is 8.09. The van der Waals surface area contributed by atoms with Gasteiger partial charge in [0.15, 0.2) is 0 Å². The minimum Gasteiger partial charge on any atom is -0.321 e. The van der Waals surface area contributed by atoms with Crippen molar-refractivity contribution >= 4 is 11.0 Å². The molecule has 4 nitrogen and oxygen atoms in total. The van der Waals surface area contributed by atoms with Gasteiger partial charge in [0.05, 0.1) is 29.0 Å². The molecule has 0 radical (unpaired) electrons. The van der Waals surface area contributed by atoms with Gasteiger partial charge in [0, 0.05) is 12.3 Å². The van der Waals surface area contributed by atoms with Gasteiger partial charge in [-0.05, 0) is 30.7 Å². The predicted molar refractivity (Wildman–Crippen MR) is 76.0 cm³/mol. The Morgan fingerprint density at radius 1 is 1.35 bits per heavy atom. The number of hydrogen-bond donors (Lipinski definition) is 1. The maximum absolute atomic E-state index is 13.5. The Hall–Kier alpha value is -2.27.